The molecule has 0 radical (unpaired) electrons. The number of hydrogen-bond donors (Lipinski definition) is 0. The summed E-state index contributed by atoms with van der Waals surface area (Å²) in [5.74, 6) is 1.21. The van der Waals surface area contributed by atoms with Crippen LogP contribution >= 0.6 is 27.3 Å². The maximum atomic E-state index is 14.0. The molecule has 0 saturated carbocycles. The van der Waals surface area contributed by atoms with Crippen LogP contribution in [0.4, 0.5) is 0 Å². The highest BCUT2D eigenvalue weighted by Crippen LogP contribution is 2.38. The maximum Gasteiger partial charge on any atom is 0.338 e. The number of para-hydroxylation sites is 1. The molecule has 8 nitrogen and oxygen atoms in total. The molecule has 0 N–H and O–H groups in total. The van der Waals surface area contributed by atoms with Crippen molar-refractivity contribution in [2.24, 2.45) is 4.99 Å². The van der Waals surface area contributed by atoms with E-state index >= 15 is 0 Å². The Labute approximate surface area is 239 Å². The lowest BCUT2D eigenvalue weighted by Crippen LogP contribution is -2.40. The molecule has 0 amide bonds. The summed E-state index contributed by atoms with van der Waals surface area (Å²) in [5.41, 5.74) is 1.95. The zero-order valence-corrected chi connectivity index (χ0v) is 25.1. The van der Waals surface area contributed by atoms with Crippen LogP contribution in [0.3, 0.4) is 0 Å². The standard InChI is InChI=1S/C29H31BrN2O6S/c1-7-36-26-20(30)13-18(14-22(26)35-6)15-23-27(33)32-25(19-11-9-10-12-21(19)38-16(3)4)24(28(34)37-8-2)17(5)31-29(32)39-23/h9-16,25H,7-8H2,1-6H3/b23-15+/t25-/m0/s1. The van der Waals surface area contributed by atoms with E-state index in [-0.39, 0.29) is 18.3 Å². The van der Waals surface area contributed by atoms with Crippen molar-refractivity contribution in [3.8, 4) is 17.2 Å². The molecular weight excluding hydrogens is 584 g/mol. The molecule has 1 atom stereocenters. The van der Waals surface area contributed by atoms with Crippen LogP contribution in [0.15, 0.2) is 61.9 Å². The van der Waals surface area contributed by atoms with Gasteiger partial charge in [-0.15, -0.1) is 0 Å². The molecule has 3 aromatic rings. The van der Waals surface area contributed by atoms with Crippen molar-refractivity contribution in [2.45, 2.75) is 46.8 Å². The summed E-state index contributed by atoms with van der Waals surface area (Å²) < 4.78 is 25.4. The van der Waals surface area contributed by atoms with Crippen LogP contribution < -0.4 is 29.1 Å². The zero-order valence-electron chi connectivity index (χ0n) is 22.7. The summed E-state index contributed by atoms with van der Waals surface area (Å²) >= 11 is 4.80. The van der Waals surface area contributed by atoms with Crippen molar-refractivity contribution in [1.82, 2.24) is 4.57 Å². The van der Waals surface area contributed by atoms with Crippen LogP contribution in [0.1, 0.15) is 51.8 Å². The number of benzene rings is 2. The third-order valence-corrected chi connectivity index (χ3v) is 7.50. The number of rotatable bonds is 9. The average molecular weight is 616 g/mol. The second-order valence-corrected chi connectivity index (χ2v) is 10.8. The summed E-state index contributed by atoms with van der Waals surface area (Å²) in [5, 5.41) is 0. The summed E-state index contributed by atoms with van der Waals surface area (Å²) in [6.45, 7) is 9.95. The number of nitrogens with zero attached hydrogens (tertiary/aromatic N) is 2. The van der Waals surface area contributed by atoms with Crippen molar-refractivity contribution in [2.75, 3.05) is 20.3 Å². The van der Waals surface area contributed by atoms with Crippen molar-refractivity contribution in [3.63, 3.8) is 0 Å². The molecule has 1 aromatic heterocycles. The number of methoxy groups -OCH3 is 1. The minimum absolute atomic E-state index is 0.105. The quantitative estimate of drug-likeness (QED) is 0.323. The lowest BCUT2D eigenvalue weighted by molar-refractivity contribution is -0.139. The molecule has 1 aliphatic rings. The first kappa shape index (κ1) is 28.6. The number of hydrogen-bond acceptors (Lipinski definition) is 8. The zero-order chi connectivity index (χ0) is 28.3. The lowest BCUT2D eigenvalue weighted by atomic mass is 9.95. The number of thiazole rings is 1. The van der Waals surface area contributed by atoms with Gasteiger partial charge in [0.2, 0.25) is 0 Å². The van der Waals surface area contributed by atoms with Gasteiger partial charge in [-0.05, 0) is 80.4 Å². The van der Waals surface area contributed by atoms with E-state index < -0.39 is 12.0 Å². The fraction of sp³-hybridized carbons (Fsp3) is 0.345. The fourth-order valence-corrected chi connectivity index (χ4v) is 6.03. The minimum Gasteiger partial charge on any atom is -0.493 e. The molecule has 4 rings (SSSR count). The lowest BCUT2D eigenvalue weighted by Gasteiger charge is -2.26. The van der Waals surface area contributed by atoms with E-state index in [1.807, 2.05) is 57.2 Å². The van der Waals surface area contributed by atoms with Gasteiger partial charge in [0.15, 0.2) is 16.3 Å². The molecule has 0 unspecified atom stereocenters. The van der Waals surface area contributed by atoms with Gasteiger partial charge in [0, 0.05) is 5.56 Å². The number of carbonyl (C=O) groups excluding carboxylic acids is 1. The van der Waals surface area contributed by atoms with Crippen LogP contribution in [0.25, 0.3) is 6.08 Å². The number of aromatic nitrogens is 1. The van der Waals surface area contributed by atoms with Crippen molar-refractivity contribution in [1.29, 1.82) is 0 Å². The molecule has 2 aromatic carbocycles. The smallest absolute Gasteiger partial charge is 0.338 e. The Morgan fingerprint density at radius 2 is 1.92 bits per heavy atom. The molecule has 0 fully saturated rings. The summed E-state index contributed by atoms with van der Waals surface area (Å²) in [6.07, 6.45) is 1.68. The van der Waals surface area contributed by atoms with E-state index in [1.54, 1.807) is 31.6 Å². The van der Waals surface area contributed by atoms with Crippen LogP contribution in [-0.2, 0) is 9.53 Å². The van der Waals surface area contributed by atoms with E-state index in [9.17, 15) is 9.59 Å². The minimum atomic E-state index is -0.765. The predicted molar refractivity (Wildman–Crippen MR) is 154 cm³/mol. The molecule has 1 aliphatic heterocycles. The van der Waals surface area contributed by atoms with Crippen molar-refractivity contribution in [3.05, 3.63) is 83.0 Å². The largest absolute Gasteiger partial charge is 0.493 e. The van der Waals surface area contributed by atoms with Gasteiger partial charge in [-0.25, -0.2) is 9.79 Å². The monoisotopic (exact) mass is 614 g/mol. The number of fused-ring (bicyclic) bond motifs is 1. The van der Waals surface area contributed by atoms with E-state index in [0.717, 1.165) is 5.56 Å². The van der Waals surface area contributed by atoms with Crippen LogP contribution in [0, 0.1) is 0 Å². The molecular formula is C29H31BrN2O6S. The highest BCUT2D eigenvalue weighted by molar-refractivity contribution is 9.10. The number of carbonyl (C=O) groups is 1. The van der Waals surface area contributed by atoms with Crippen LogP contribution in [0.2, 0.25) is 0 Å². The highest BCUT2D eigenvalue weighted by Gasteiger charge is 2.35. The number of allylic oxidation sites excluding steroid dienone is 1. The van der Waals surface area contributed by atoms with E-state index in [4.69, 9.17) is 18.9 Å². The molecule has 0 bridgehead atoms. The first-order valence-electron chi connectivity index (χ1n) is 12.7. The Bertz CT molecular complexity index is 1600. The summed E-state index contributed by atoms with van der Waals surface area (Å²) in [6, 6.07) is 10.3. The number of esters is 1. The Balaban J connectivity index is 1.96. The van der Waals surface area contributed by atoms with Crippen LogP contribution in [0.5, 0.6) is 17.2 Å². The van der Waals surface area contributed by atoms with Gasteiger partial charge >= 0.3 is 5.97 Å². The molecule has 10 heteroatoms. The predicted octanol–water partition coefficient (Wildman–Crippen LogP) is 4.76. The number of ether oxygens (including phenoxy) is 4. The van der Waals surface area contributed by atoms with Gasteiger partial charge in [0.05, 0.1) is 46.7 Å². The summed E-state index contributed by atoms with van der Waals surface area (Å²) in [4.78, 5) is 32.3. The average Bonchev–Trinajstić information content (AvgIpc) is 3.19. The van der Waals surface area contributed by atoms with Gasteiger partial charge in [0.25, 0.3) is 5.56 Å². The van der Waals surface area contributed by atoms with Gasteiger partial charge < -0.3 is 18.9 Å². The number of halogens is 1. The second-order valence-electron chi connectivity index (χ2n) is 8.97. The first-order valence-corrected chi connectivity index (χ1v) is 14.3. The molecule has 39 heavy (non-hydrogen) atoms. The van der Waals surface area contributed by atoms with E-state index in [2.05, 4.69) is 20.9 Å². The third kappa shape index (κ3) is 5.81. The Morgan fingerprint density at radius 1 is 1.18 bits per heavy atom. The van der Waals surface area contributed by atoms with Crippen molar-refractivity contribution >= 4 is 39.3 Å². The van der Waals surface area contributed by atoms with E-state index in [0.29, 0.717) is 54.5 Å². The first-order chi connectivity index (χ1) is 18.7. The molecule has 0 aliphatic carbocycles. The highest BCUT2D eigenvalue weighted by atomic mass is 79.9. The maximum absolute atomic E-state index is 14.0. The van der Waals surface area contributed by atoms with Gasteiger partial charge in [-0.3, -0.25) is 9.36 Å². The van der Waals surface area contributed by atoms with Crippen molar-refractivity contribution < 1.29 is 23.7 Å². The Morgan fingerprint density at radius 3 is 2.59 bits per heavy atom. The van der Waals surface area contributed by atoms with Gasteiger partial charge in [-0.2, -0.15) is 0 Å². The fourth-order valence-electron chi connectivity index (χ4n) is 4.41. The SMILES string of the molecule is CCOC(=O)C1=C(C)N=c2s/c(=C/c3cc(Br)c(OCC)c(OC)c3)c(=O)n2[C@H]1c1ccccc1OC(C)C. The molecule has 0 spiro atoms. The molecule has 2 heterocycles. The van der Waals surface area contributed by atoms with Gasteiger partial charge in [-0.1, -0.05) is 29.5 Å². The topological polar surface area (TPSA) is 88.4 Å². The normalized spacial score (nSPS) is 15.2. The third-order valence-electron chi connectivity index (χ3n) is 5.93. The second kappa shape index (κ2) is 12.2. The molecule has 0 saturated heterocycles. The van der Waals surface area contributed by atoms with Crippen LogP contribution in [-0.4, -0.2) is 37.0 Å². The Kier molecular flexibility index (Phi) is 8.97. The summed E-state index contributed by atoms with van der Waals surface area (Å²) in [7, 11) is 1.57. The van der Waals surface area contributed by atoms with E-state index in [1.165, 1.54) is 11.3 Å². The Hall–Kier alpha value is -3.37. The molecule has 206 valence electrons. The van der Waals surface area contributed by atoms with Gasteiger partial charge in [0.1, 0.15) is 11.8 Å².